The van der Waals surface area contributed by atoms with Crippen molar-refractivity contribution in [1.29, 1.82) is 0 Å². The summed E-state index contributed by atoms with van der Waals surface area (Å²) in [6.07, 6.45) is 0. The Hall–Kier alpha value is -2.55. The minimum atomic E-state index is -0.515. The third-order valence-corrected chi connectivity index (χ3v) is 4.99. The van der Waals surface area contributed by atoms with Crippen molar-refractivity contribution in [2.75, 3.05) is 39.7 Å². The lowest BCUT2D eigenvalue weighted by Crippen LogP contribution is -2.11. The number of rotatable bonds is 11. The number of thiophene rings is 1. The molecule has 0 radical (unpaired) electrons. The van der Waals surface area contributed by atoms with E-state index in [2.05, 4.69) is 0 Å². The molecule has 148 valence electrons. The molecule has 0 aliphatic rings. The smallest absolute Gasteiger partial charge is 0.280 e. The van der Waals surface area contributed by atoms with Crippen molar-refractivity contribution >= 4 is 27.1 Å². The Morgan fingerprint density at radius 1 is 0.964 bits per heavy atom. The van der Waals surface area contributed by atoms with E-state index in [4.69, 9.17) is 14.2 Å². The molecule has 0 atom stereocenters. The van der Waals surface area contributed by atoms with Gasteiger partial charge in [-0.1, -0.05) is 18.2 Å². The largest absolute Gasteiger partial charge is 0.491 e. The van der Waals surface area contributed by atoms with E-state index in [1.807, 2.05) is 29.6 Å². The number of alkyl halides is 1. The molecule has 0 unspecified atom stereocenters. The molecule has 8 heteroatoms. The van der Waals surface area contributed by atoms with Gasteiger partial charge in [0.25, 0.3) is 5.69 Å². The van der Waals surface area contributed by atoms with Gasteiger partial charge in [0.05, 0.1) is 43.0 Å². The minimum absolute atomic E-state index is 0.00148. The zero-order valence-corrected chi connectivity index (χ0v) is 16.0. The van der Waals surface area contributed by atoms with E-state index in [0.717, 1.165) is 15.6 Å². The molecule has 2 aromatic carbocycles. The average Bonchev–Trinajstić information content (AvgIpc) is 3.14. The van der Waals surface area contributed by atoms with Gasteiger partial charge in [0.15, 0.2) is 0 Å². The number of benzene rings is 2. The first-order valence-electron chi connectivity index (χ1n) is 8.80. The second-order valence-electron chi connectivity index (χ2n) is 5.84. The number of fused-ring (bicyclic) bond motifs is 1. The third-order valence-electron chi connectivity index (χ3n) is 4.03. The molecule has 28 heavy (non-hydrogen) atoms. The maximum atomic E-state index is 11.9. The fourth-order valence-corrected chi connectivity index (χ4v) is 3.72. The molecule has 3 aromatic rings. The van der Waals surface area contributed by atoms with Gasteiger partial charge in [-0.2, -0.15) is 0 Å². The van der Waals surface area contributed by atoms with E-state index < -0.39 is 11.6 Å². The molecule has 1 aromatic heterocycles. The molecule has 0 saturated heterocycles. The van der Waals surface area contributed by atoms with E-state index in [-0.39, 0.29) is 18.9 Å². The van der Waals surface area contributed by atoms with Crippen LogP contribution in [0.5, 0.6) is 5.75 Å². The van der Waals surface area contributed by atoms with E-state index >= 15 is 0 Å². The molecule has 0 spiro atoms. The summed E-state index contributed by atoms with van der Waals surface area (Å²) in [5, 5.41) is 14.5. The first-order valence-corrected chi connectivity index (χ1v) is 9.68. The van der Waals surface area contributed by atoms with Crippen LogP contribution in [0.15, 0.2) is 47.8 Å². The summed E-state index contributed by atoms with van der Waals surface area (Å²) in [7, 11) is 0. The normalized spacial score (nSPS) is 11.0. The van der Waals surface area contributed by atoms with Crippen molar-refractivity contribution in [2.24, 2.45) is 0 Å². The van der Waals surface area contributed by atoms with Crippen molar-refractivity contribution in [3.63, 3.8) is 0 Å². The van der Waals surface area contributed by atoms with E-state index in [1.54, 1.807) is 23.5 Å². The quantitative estimate of drug-likeness (QED) is 0.259. The summed E-state index contributed by atoms with van der Waals surface area (Å²) in [6, 6.07) is 12.7. The number of halogens is 1. The van der Waals surface area contributed by atoms with Gasteiger partial charge in [-0.25, -0.2) is 4.39 Å². The summed E-state index contributed by atoms with van der Waals surface area (Å²) in [6.45, 7) is 0.769. The van der Waals surface area contributed by atoms with Crippen molar-refractivity contribution in [1.82, 2.24) is 0 Å². The lowest BCUT2D eigenvalue weighted by molar-refractivity contribution is -0.384. The lowest BCUT2D eigenvalue weighted by atomic mass is 10.0. The molecular weight excluding hydrogens is 385 g/mol. The van der Waals surface area contributed by atoms with Crippen molar-refractivity contribution in [3.05, 3.63) is 58.0 Å². The standard InChI is InChI=1S/C20H20FNO5S/c21-7-8-25-9-10-26-11-12-27-15-5-6-16(19(13-15)22(23)24)18-14-28-20-4-2-1-3-17(18)20/h1-6,13-14H,7-12H2. The van der Waals surface area contributed by atoms with Crippen LogP contribution in [-0.2, 0) is 9.47 Å². The van der Waals surface area contributed by atoms with E-state index in [9.17, 15) is 14.5 Å². The van der Waals surface area contributed by atoms with E-state index in [0.29, 0.717) is 31.1 Å². The van der Waals surface area contributed by atoms with Gasteiger partial charge in [-0.05, 0) is 18.2 Å². The van der Waals surface area contributed by atoms with Gasteiger partial charge in [0.2, 0.25) is 0 Å². The molecule has 6 nitrogen and oxygen atoms in total. The van der Waals surface area contributed by atoms with Gasteiger partial charge < -0.3 is 14.2 Å². The highest BCUT2D eigenvalue weighted by Gasteiger charge is 2.19. The molecular formula is C20H20FNO5S. The summed E-state index contributed by atoms with van der Waals surface area (Å²) in [5.41, 5.74) is 1.41. The van der Waals surface area contributed by atoms with Crippen molar-refractivity contribution in [3.8, 4) is 16.9 Å². The second-order valence-corrected chi connectivity index (χ2v) is 6.76. The van der Waals surface area contributed by atoms with Gasteiger partial charge >= 0.3 is 0 Å². The molecule has 0 N–H and O–H groups in total. The van der Waals surface area contributed by atoms with Crippen LogP contribution >= 0.6 is 11.3 Å². The predicted octanol–water partition coefficient (Wildman–Crippen LogP) is 4.86. The van der Waals surface area contributed by atoms with Gasteiger partial charge in [-0.15, -0.1) is 11.3 Å². The number of nitrogens with zero attached hydrogens (tertiary/aromatic N) is 1. The molecule has 1 heterocycles. The van der Waals surface area contributed by atoms with Crippen LogP contribution in [0.4, 0.5) is 10.1 Å². The van der Waals surface area contributed by atoms with E-state index in [1.165, 1.54) is 6.07 Å². The highest BCUT2D eigenvalue weighted by molar-refractivity contribution is 7.17. The number of hydrogen-bond acceptors (Lipinski definition) is 6. The third kappa shape index (κ3) is 5.03. The Morgan fingerprint density at radius 2 is 1.71 bits per heavy atom. The monoisotopic (exact) mass is 405 g/mol. The summed E-state index contributed by atoms with van der Waals surface area (Å²) in [4.78, 5) is 11.2. The van der Waals surface area contributed by atoms with Gasteiger partial charge in [-0.3, -0.25) is 10.1 Å². The fraction of sp³-hybridized carbons (Fsp3) is 0.300. The molecule has 0 aliphatic heterocycles. The molecule has 0 fully saturated rings. The second kappa shape index (κ2) is 10.1. The van der Waals surface area contributed by atoms with Crippen molar-refractivity contribution in [2.45, 2.75) is 0 Å². The predicted molar refractivity (Wildman–Crippen MR) is 107 cm³/mol. The molecule has 0 saturated carbocycles. The molecule has 0 amide bonds. The Morgan fingerprint density at radius 3 is 2.50 bits per heavy atom. The fourth-order valence-electron chi connectivity index (χ4n) is 2.76. The SMILES string of the molecule is O=[N+]([O-])c1cc(OCCOCCOCCF)ccc1-c1csc2ccccc12. The number of nitro benzene ring substituents is 1. The molecule has 0 aliphatic carbocycles. The highest BCUT2D eigenvalue weighted by atomic mass is 32.1. The first-order chi connectivity index (χ1) is 13.7. The first kappa shape index (κ1) is 20.2. The van der Waals surface area contributed by atoms with Crippen LogP contribution in [0.25, 0.3) is 21.2 Å². The Labute approximate surface area is 165 Å². The Balaban J connectivity index is 1.64. The highest BCUT2D eigenvalue weighted by Crippen LogP contribution is 2.39. The average molecular weight is 405 g/mol. The van der Waals surface area contributed by atoms with Crippen molar-refractivity contribution < 1.29 is 23.5 Å². The number of nitro groups is 1. The van der Waals surface area contributed by atoms with Crippen LogP contribution in [0.1, 0.15) is 0 Å². The molecule has 3 rings (SSSR count). The zero-order valence-electron chi connectivity index (χ0n) is 15.1. The minimum Gasteiger partial charge on any atom is -0.491 e. The van der Waals surface area contributed by atoms with Crippen LogP contribution in [0.2, 0.25) is 0 Å². The van der Waals surface area contributed by atoms with Crippen LogP contribution in [0, 0.1) is 10.1 Å². The zero-order chi connectivity index (χ0) is 19.8. The summed E-state index contributed by atoms with van der Waals surface area (Å²) in [5.74, 6) is 0.410. The maximum absolute atomic E-state index is 11.9. The number of ether oxygens (including phenoxy) is 3. The van der Waals surface area contributed by atoms with Crippen LogP contribution in [0.3, 0.4) is 0 Å². The lowest BCUT2D eigenvalue weighted by Gasteiger charge is -2.09. The Kier molecular flexibility index (Phi) is 7.30. The van der Waals surface area contributed by atoms with Gasteiger partial charge in [0.1, 0.15) is 19.0 Å². The van der Waals surface area contributed by atoms with Crippen LogP contribution < -0.4 is 4.74 Å². The molecule has 0 bridgehead atoms. The van der Waals surface area contributed by atoms with Crippen LogP contribution in [-0.4, -0.2) is 44.6 Å². The maximum Gasteiger partial charge on any atom is 0.280 e. The Bertz CT molecular complexity index is 930. The summed E-state index contributed by atoms with van der Waals surface area (Å²) < 4.78 is 28.8. The topological polar surface area (TPSA) is 70.8 Å². The number of hydrogen-bond donors (Lipinski definition) is 0. The summed E-state index contributed by atoms with van der Waals surface area (Å²) >= 11 is 1.56. The van der Waals surface area contributed by atoms with Gasteiger partial charge in [0, 0.05) is 21.0 Å².